The maximum Gasteiger partial charge on any atom is 0.223 e. The third kappa shape index (κ3) is 6.36. The Kier molecular flexibility index (Phi) is 7.34. The molecule has 3 atom stereocenters. The van der Waals surface area contributed by atoms with Crippen LogP contribution in [0, 0.1) is 5.92 Å². The van der Waals surface area contributed by atoms with E-state index in [1.54, 1.807) is 0 Å². The molecule has 5 heteroatoms. The number of rotatable bonds is 8. The summed E-state index contributed by atoms with van der Waals surface area (Å²) in [4.78, 5) is 14.1. The molecule has 112 valence electrons. The topological polar surface area (TPSA) is 67.6 Å². The highest BCUT2D eigenvalue weighted by Gasteiger charge is 2.27. The predicted octanol–water partition coefficient (Wildman–Crippen LogP) is 0.587. The summed E-state index contributed by atoms with van der Waals surface area (Å²) in [5, 5.41) is 3.02. The first kappa shape index (κ1) is 16.4. The van der Waals surface area contributed by atoms with E-state index in [0.29, 0.717) is 13.2 Å². The van der Waals surface area contributed by atoms with E-state index in [1.807, 2.05) is 21.0 Å². The third-order valence-electron chi connectivity index (χ3n) is 3.65. The largest absolute Gasteiger partial charge is 0.377 e. The Labute approximate surface area is 116 Å². The Bertz CT molecular complexity index is 271. The van der Waals surface area contributed by atoms with Crippen LogP contribution in [0.5, 0.6) is 0 Å². The number of carbonyl (C=O) groups is 1. The first-order chi connectivity index (χ1) is 9.02. The normalized spacial score (nSPS) is 24.7. The van der Waals surface area contributed by atoms with Crippen LogP contribution in [0.1, 0.15) is 32.6 Å². The summed E-state index contributed by atoms with van der Waals surface area (Å²) in [6.07, 6.45) is 3.75. The van der Waals surface area contributed by atoms with Crippen LogP contribution >= 0.6 is 0 Å². The van der Waals surface area contributed by atoms with Crippen molar-refractivity contribution in [3.63, 3.8) is 0 Å². The maximum absolute atomic E-state index is 12.0. The molecule has 1 saturated carbocycles. The van der Waals surface area contributed by atoms with Crippen molar-refractivity contribution in [1.82, 2.24) is 10.2 Å². The molecule has 0 bridgehead atoms. The van der Waals surface area contributed by atoms with E-state index in [-0.39, 0.29) is 24.0 Å². The zero-order valence-electron chi connectivity index (χ0n) is 12.5. The molecule has 0 aliphatic heterocycles. The second-order valence-electron chi connectivity index (χ2n) is 5.68. The number of amides is 1. The number of nitrogens with one attached hydrogen (secondary N) is 1. The average molecular weight is 271 g/mol. The van der Waals surface area contributed by atoms with Gasteiger partial charge in [-0.2, -0.15) is 0 Å². The van der Waals surface area contributed by atoms with E-state index >= 15 is 0 Å². The summed E-state index contributed by atoms with van der Waals surface area (Å²) in [6.45, 7) is 4.24. The van der Waals surface area contributed by atoms with E-state index in [2.05, 4.69) is 10.2 Å². The SMILES string of the molecule is CCOC(CCN(C)C)CNC(=O)C1CCC(N)C1. The molecule has 1 aliphatic carbocycles. The minimum atomic E-state index is 0.103. The van der Waals surface area contributed by atoms with Crippen molar-refractivity contribution in [3.8, 4) is 0 Å². The lowest BCUT2D eigenvalue weighted by Gasteiger charge is -2.20. The molecule has 3 N–H and O–H groups in total. The number of ether oxygens (including phenoxy) is 1. The van der Waals surface area contributed by atoms with Gasteiger partial charge in [0.1, 0.15) is 0 Å². The van der Waals surface area contributed by atoms with Gasteiger partial charge in [-0.3, -0.25) is 4.79 Å². The van der Waals surface area contributed by atoms with Gasteiger partial charge >= 0.3 is 0 Å². The van der Waals surface area contributed by atoms with Crippen molar-refractivity contribution >= 4 is 5.91 Å². The highest BCUT2D eigenvalue weighted by molar-refractivity contribution is 5.79. The zero-order valence-corrected chi connectivity index (χ0v) is 12.5. The molecule has 5 nitrogen and oxygen atoms in total. The lowest BCUT2D eigenvalue weighted by atomic mass is 10.1. The highest BCUT2D eigenvalue weighted by atomic mass is 16.5. The quantitative estimate of drug-likeness (QED) is 0.678. The van der Waals surface area contributed by atoms with Crippen molar-refractivity contribution < 1.29 is 9.53 Å². The molecule has 0 saturated heterocycles. The van der Waals surface area contributed by atoms with Crippen LogP contribution in [0.4, 0.5) is 0 Å². The smallest absolute Gasteiger partial charge is 0.223 e. The monoisotopic (exact) mass is 271 g/mol. The van der Waals surface area contributed by atoms with Crippen LogP contribution in [0.3, 0.4) is 0 Å². The molecular formula is C14H29N3O2. The predicted molar refractivity (Wildman–Crippen MR) is 76.9 cm³/mol. The van der Waals surface area contributed by atoms with Crippen molar-refractivity contribution in [2.24, 2.45) is 11.7 Å². The molecular weight excluding hydrogens is 242 g/mol. The zero-order chi connectivity index (χ0) is 14.3. The van der Waals surface area contributed by atoms with Gasteiger partial charge < -0.3 is 20.7 Å². The van der Waals surface area contributed by atoms with Gasteiger partial charge in [-0.1, -0.05) is 0 Å². The summed E-state index contributed by atoms with van der Waals surface area (Å²) < 4.78 is 5.66. The Morgan fingerprint density at radius 2 is 2.21 bits per heavy atom. The van der Waals surface area contributed by atoms with Gasteiger partial charge in [0.2, 0.25) is 5.91 Å². The van der Waals surface area contributed by atoms with Crippen molar-refractivity contribution in [2.45, 2.75) is 44.8 Å². The number of hydrogen-bond donors (Lipinski definition) is 2. The third-order valence-corrected chi connectivity index (χ3v) is 3.65. The fourth-order valence-electron chi connectivity index (χ4n) is 2.50. The molecule has 1 aliphatic rings. The Hall–Kier alpha value is -0.650. The Morgan fingerprint density at radius 1 is 1.47 bits per heavy atom. The number of nitrogens with two attached hydrogens (primary N) is 1. The van der Waals surface area contributed by atoms with Crippen LogP contribution in [-0.2, 0) is 9.53 Å². The molecule has 1 fully saturated rings. The Morgan fingerprint density at radius 3 is 2.74 bits per heavy atom. The fourth-order valence-corrected chi connectivity index (χ4v) is 2.50. The van der Waals surface area contributed by atoms with Crippen LogP contribution in [0.25, 0.3) is 0 Å². The lowest BCUT2D eigenvalue weighted by Crippen LogP contribution is -2.38. The van der Waals surface area contributed by atoms with E-state index in [1.165, 1.54) is 0 Å². The molecule has 1 amide bonds. The first-order valence-electron chi connectivity index (χ1n) is 7.32. The Balaban J connectivity index is 2.27. The lowest BCUT2D eigenvalue weighted by molar-refractivity contribution is -0.125. The molecule has 19 heavy (non-hydrogen) atoms. The van der Waals surface area contributed by atoms with E-state index in [0.717, 1.165) is 32.2 Å². The molecule has 0 radical (unpaired) electrons. The van der Waals surface area contributed by atoms with E-state index < -0.39 is 0 Å². The number of nitrogens with zero attached hydrogens (tertiary/aromatic N) is 1. The van der Waals surface area contributed by atoms with Crippen molar-refractivity contribution in [1.29, 1.82) is 0 Å². The molecule has 0 aromatic rings. The van der Waals surface area contributed by atoms with Gasteiger partial charge in [0, 0.05) is 31.7 Å². The molecule has 0 aromatic heterocycles. The summed E-state index contributed by atoms with van der Waals surface area (Å²) in [7, 11) is 4.09. The molecule has 0 heterocycles. The van der Waals surface area contributed by atoms with Gasteiger partial charge in [-0.25, -0.2) is 0 Å². The van der Waals surface area contributed by atoms with Gasteiger partial charge in [0.05, 0.1) is 6.10 Å². The van der Waals surface area contributed by atoms with Crippen LogP contribution in [0.2, 0.25) is 0 Å². The maximum atomic E-state index is 12.0. The molecule has 0 spiro atoms. The minimum Gasteiger partial charge on any atom is -0.377 e. The summed E-state index contributed by atoms with van der Waals surface area (Å²) in [5.74, 6) is 0.244. The average Bonchev–Trinajstić information content (AvgIpc) is 2.79. The van der Waals surface area contributed by atoms with Crippen LogP contribution in [-0.4, -0.2) is 56.7 Å². The van der Waals surface area contributed by atoms with Crippen molar-refractivity contribution in [3.05, 3.63) is 0 Å². The highest BCUT2D eigenvalue weighted by Crippen LogP contribution is 2.23. The molecule has 0 aromatic carbocycles. The molecule has 3 unspecified atom stereocenters. The van der Waals surface area contributed by atoms with Crippen LogP contribution in [0.15, 0.2) is 0 Å². The summed E-state index contributed by atoms with van der Waals surface area (Å²) in [5.41, 5.74) is 5.84. The van der Waals surface area contributed by atoms with Gasteiger partial charge in [-0.05, 0) is 46.7 Å². The summed E-state index contributed by atoms with van der Waals surface area (Å²) in [6, 6.07) is 0.201. The minimum absolute atomic E-state index is 0.103. The van der Waals surface area contributed by atoms with E-state index in [4.69, 9.17) is 10.5 Å². The first-order valence-corrected chi connectivity index (χ1v) is 7.32. The van der Waals surface area contributed by atoms with E-state index in [9.17, 15) is 4.79 Å². The standard InChI is InChI=1S/C14H29N3O2/c1-4-19-13(7-8-17(2)3)10-16-14(18)11-5-6-12(15)9-11/h11-13H,4-10,15H2,1-3H3,(H,16,18). The second-order valence-corrected chi connectivity index (χ2v) is 5.68. The van der Waals surface area contributed by atoms with Crippen LogP contribution < -0.4 is 11.1 Å². The number of carbonyl (C=O) groups excluding carboxylic acids is 1. The van der Waals surface area contributed by atoms with Crippen molar-refractivity contribution in [2.75, 3.05) is 33.8 Å². The van der Waals surface area contributed by atoms with Gasteiger partial charge in [0.15, 0.2) is 0 Å². The fraction of sp³-hybridized carbons (Fsp3) is 0.929. The van der Waals surface area contributed by atoms with Gasteiger partial charge in [-0.15, -0.1) is 0 Å². The summed E-state index contributed by atoms with van der Waals surface area (Å²) >= 11 is 0. The second kappa shape index (κ2) is 8.51. The molecule has 1 rings (SSSR count). The van der Waals surface area contributed by atoms with Gasteiger partial charge in [0.25, 0.3) is 0 Å². The number of hydrogen-bond acceptors (Lipinski definition) is 4.